The fraction of sp³-hybridized carbons (Fsp3) is 0.235. The largest absolute Gasteiger partial charge is 0.359 e. The predicted molar refractivity (Wildman–Crippen MR) is 82.9 cm³/mol. The molecule has 122 valence electrons. The Balaban J connectivity index is 1.68. The van der Waals surface area contributed by atoms with Crippen LogP contribution in [0, 0.1) is 23.0 Å². The summed E-state index contributed by atoms with van der Waals surface area (Å²) in [5.41, 5.74) is 1.22. The number of rotatable bonds is 3. The summed E-state index contributed by atoms with van der Waals surface area (Å²) in [5, 5.41) is 8.75. The number of piperazine rings is 1. The summed E-state index contributed by atoms with van der Waals surface area (Å²) in [6.45, 7) is 1.12. The van der Waals surface area contributed by atoms with Crippen molar-refractivity contribution < 1.29 is 13.6 Å². The molecule has 0 bridgehead atoms. The molecule has 0 saturated carbocycles. The molecule has 0 radical (unpaired) electrons. The molecule has 1 aliphatic rings. The van der Waals surface area contributed by atoms with E-state index in [1.165, 1.54) is 4.90 Å². The molecule has 1 aromatic heterocycles. The second kappa shape index (κ2) is 6.62. The molecule has 2 aromatic rings. The highest BCUT2D eigenvalue weighted by atomic mass is 19.1. The van der Waals surface area contributed by atoms with E-state index in [0.29, 0.717) is 18.8 Å². The Kier molecular flexibility index (Phi) is 4.38. The Bertz CT molecular complexity index is 801. The number of amides is 1. The van der Waals surface area contributed by atoms with Gasteiger partial charge in [0.05, 0.1) is 18.4 Å². The molecule has 24 heavy (non-hydrogen) atoms. The van der Waals surface area contributed by atoms with E-state index in [4.69, 9.17) is 5.26 Å². The lowest BCUT2D eigenvalue weighted by molar-refractivity contribution is -0.131. The van der Waals surface area contributed by atoms with Crippen molar-refractivity contribution in [1.82, 2.24) is 9.88 Å². The number of carbonyl (C=O) groups excluding carboxylic acids is 1. The lowest BCUT2D eigenvalue weighted by Crippen LogP contribution is -2.50. The smallest absolute Gasteiger partial charge is 0.242 e. The van der Waals surface area contributed by atoms with Gasteiger partial charge in [-0.05, 0) is 30.3 Å². The second-order valence-electron chi connectivity index (χ2n) is 5.49. The van der Waals surface area contributed by atoms with Crippen molar-refractivity contribution in [2.75, 3.05) is 24.5 Å². The summed E-state index contributed by atoms with van der Waals surface area (Å²) in [7, 11) is 0. The van der Waals surface area contributed by atoms with Gasteiger partial charge in [-0.15, -0.1) is 0 Å². The Morgan fingerprint density at radius 1 is 1.21 bits per heavy atom. The van der Waals surface area contributed by atoms with E-state index in [-0.39, 0.29) is 24.6 Å². The molecule has 1 saturated heterocycles. The van der Waals surface area contributed by atoms with Gasteiger partial charge in [-0.3, -0.25) is 4.79 Å². The van der Waals surface area contributed by atoms with Gasteiger partial charge < -0.3 is 9.80 Å². The first kappa shape index (κ1) is 15.9. The molecule has 0 N–H and O–H groups in total. The zero-order valence-electron chi connectivity index (χ0n) is 12.7. The molecule has 0 spiro atoms. The van der Waals surface area contributed by atoms with E-state index in [9.17, 15) is 13.6 Å². The number of halogens is 2. The third-order valence-electron chi connectivity index (χ3n) is 3.92. The number of hydrogen-bond acceptors (Lipinski definition) is 4. The standard InChI is InChI=1S/C17H14F2N4O/c18-13-1-4-16(19)12(7-13)10-23-6-5-22(11-17(23)24)15-3-2-14(8-20)21-9-15/h1-4,7,9H,5-6,10-11H2. The van der Waals surface area contributed by atoms with E-state index < -0.39 is 11.6 Å². The predicted octanol–water partition coefficient (Wildman–Crippen LogP) is 2.08. The molecule has 2 heterocycles. The Morgan fingerprint density at radius 3 is 2.71 bits per heavy atom. The molecule has 1 amide bonds. The molecule has 3 rings (SSSR count). The average molecular weight is 328 g/mol. The highest BCUT2D eigenvalue weighted by Gasteiger charge is 2.25. The van der Waals surface area contributed by atoms with Crippen LogP contribution >= 0.6 is 0 Å². The Morgan fingerprint density at radius 2 is 2.04 bits per heavy atom. The number of benzene rings is 1. The van der Waals surface area contributed by atoms with E-state index >= 15 is 0 Å². The first-order chi connectivity index (χ1) is 11.6. The molecular formula is C17H14F2N4O. The molecule has 5 nitrogen and oxygen atoms in total. The highest BCUT2D eigenvalue weighted by Crippen LogP contribution is 2.19. The number of carbonyl (C=O) groups is 1. The monoisotopic (exact) mass is 328 g/mol. The van der Waals surface area contributed by atoms with Gasteiger partial charge in [0.2, 0.25) is 5.91 Å². The van der Waals surface area contributed by atoms with Gasteiger partial charge in [-0.2, -0.15) is 5.26 Å². The van der Waals surface area contributed by atoms with Crippen LogP contribution in [-0.4, -0.2) is 35.4 Å². The lowest BCUT2D eigenvalue weighted by atomic mass is 10.1. The lowest BCUT2D eigenvalue weighted by Gasteiger charge is -2.35. The topological polar surface area (TPSA) is 60.2 Å². The Labute approximate surface area is 137 Å². The number of hydrogen-bond donors (Lipinski definition) is 0. The van der Waals surface area contributed by atoms with E-state index in [1.54, 1.807) is 18.3 Å². The van der Waals surface area contributed by atoms with Crippen molar-refractivity contribution in [3.63, 3.8) is 0 Å². The van der Waals surface area contributed by atoms with Crippen molar-refractivity contribution in [2.24, 2.45) is 0 Å². The highest BCUT2D eigenvalue weighted by molar-refractivity contribution is 5.82. The van der Waals surface area contributed by atoms with Gasteiger partial charge in [-0.1, -0.05) is 0 Å². The van der Waals surface area contributed by atoms with E-state index in [1.807, 2.05) is 11.0 Å². The summed E-state index contributed by atoms with van der Waals surface area (Å²) in [6.07, 6.45) is 1.55. The number of aromatic nitrogens is 1. The fourth-order valence-electron chi connectivity index (χ4n) is 2.61. The maximum Gasteiger partial charge on any atom is 0.242 e. The van der Waals surface area contributed by atoms with Crippen molar-refractivity contribution in [3.8, 4) is 6.07 Å². The molecule has 0 unspecified atom stereocenters. The molecule has 0 atom stereocenters. The quantitative estimate of drug-likeness (QED) is 0.865. The molecular weight excluding hydrogens is 314 g/mol. The molecule has 1 aromatic carbocycles. The van der Waals surface area contributed by atoms with Crippen LogP contribution in [0.25, 0.3) is 0 Å². The first-order valence-corrected chi connectivity index (χ1v) is 7.39. The third-order valence-corrected chi connectivity index (χ3v) is 3.92. The summed E-state index contributed by atoms with van der Waals surface area (Å²) in [6, 6.07) is 8.49. The zero-order valence-corrected chi connectivity index (χ0v) is 12.7. The van der Waals surface area contributed by atoms with Crippen LogP contribution in [-0.2, 0) is 11.3 Å². The number of pyridine rings is 1. The van der Waals surface area contributed by atoms with Crippen molar-refractivity contribution in [1.29, 1.82) is 5.26 Å². The minimum Gasteiger partial charge on any atom is -0.359 e. The van der Waals surface area contributed by atoms with Crippen molar-refractivity contribution in [2.45, 2.75) is 6.54 Å². The van der Waals surface area contributed by atoms with Gasteiger partial charge in [0.25, 0.3) is 0 Å². The van der Waals surface area contributed by atoms with E-state index in [2.05, 4.69) is 4.98 Å². The van der Waals surface area contributed by atoms with Gasteiger partial charge in [0.1, 0.15) is 23.4 Å². The van der Waals surface area contributed by atoms with E-state index in [0.717, 1.165) is 23.9 Å². The minimum absolute atomic E-state index is 0.0435. The van der Waals surface area contributed by atoms with Crippen LogP contribution in [0.2, 0.25) is 0 Å². The maximum absolute atomic E-state index is 13.7. The second-order valence-corrected chi connectivity index (χ2v) is 5.49. The number of nitriles is 1. The van der Waals surface area contributed by atoms with Crippen LogP contribution in [0.3, 0.4) is 0 Å². The van der Waals surface area contributed by atoms with Gasteiger partial charge in [0.15, 0.2) is 0 Å². The number of nitrogens with zero attached hydrogens (tertiary/aromatic N) is 4. The van der Waals surface area contributed by atoms with Crippen LogP contribution in [0.5, 0.6) is 0 Å². The summed E-state index contributed by atoms with van der Waals surface area (Å²) in [4.78, 5) is 19.6. The summed E-state index contributed by atoms with van der Waals surface area (Å²) in [5.74, 6) is -1.22. The SMILES string of the molecule is N#Cc1ccc(N2CCN(Cc3cc(F)ccc3F)C(=O)C2)cn1. The minimum atomic E-state index is -0.527. The Hall–Kier alpha value is -3.01. The van der Waals surface area contributed by atoms with Crippen LogP contribution < -0.4 is 4.90 Å². The summed E-state index contributed by atoms with van der Waals surface area (Å²) >= 11 is 0. The molecule has 7 heteroatoms. The maximum atomic E-state index is 13.7. The molecule has 1 fully saturated rings. The van der Waals surface area contributed by atoms with Crippen LogP contribution in [0.15, 0.2) is 36.5 Å². The molecule has 1 aliphatic heterocycles. The first-order valence-electron chi connectivity index (χ1n) is 7.39. The van der Waals surface area contributed by atoms with Crippen LogP contribution in [0.1, 0.15) is 11.3 Å². The van der Waals surface area contributed by atoms with Crippen LogP contribution in [0.4, 0.5) is 14.5 Å². The fourth-order valence-corrected chi connectivity index (χ4v) is 2.61. The van der Waals surface area contributed by atoms with Gasteiger partial charge in [-0.25, -0.2) is 13.8 Å². The summed E-state index contributed by atoms with van der Waals surface area (Å²) < 4.78 is 27.0. The third kappa shape index (κ3) is 3.33. The average Bonchev–Trinajstić information content (AvgIpc) is 2.60. The van der Waals surface area contributed by atoms with Crippen molar-refractivity contribution >= 4 is 11.6 Å². The number of anilines is 1. The van der Waals surface area contributed by atoms with Gasteiger partial charge in [0, 0.05) is 25.2 Å². The zero-order chi connectivity index (χ0) is 17.1. The van der Waals surface area contributed by atoms with Crippen molar-refractivity contribution in [3.05, 3.63) is 59.4 Å². The van der Waals surface area contributed by atoms with Gasteiger partial charge >= 0.3 is 0 Å². The molecule has 0 aliphatic carbocycles. The normalized spacial score (nSPS) is 14.6.